The van der Waals surface area contributed by atoms with Crippen molar-refractivity contribution in [2.75, 3.05) is 19.3 Å². The van der Waals surface area contributed by atoms with E-state index in [1.807, 2.05) is 11.8 Å². The zero-order valence-corrected chi connectivity index (χ0v) is 11.8. The molecule has 0 aliphatic heterocycles. The second kappa shape index (κ2) is 6.27. The summed E-state index contributed by atoms with van der Waals surface area (Å²) in [5.74, 6) is 0. The quantitative estimate of drug-likeness (QED) is 0.731. The van der Waals surface area contributed by atoms with E-state index in [-0.39, 0.29) is 4.75 Å². The van der Waals surface area contributed by atoms with Gasteiger partial charge in [-0.2, -0.15) is 11.8 Å². The van der Waals surface area contributed by atoms with Crippen molar-refractivity contribution < 1.29 is 5.11 Å². The molecule has 2 N–H and O–H groups in total. The molecule has 1 saturated carbocycles. The average Bonchev–Trinajstić information content (AvgIpc) is 2.43. The first-order valence-electron chi connectivity index (χ1n) is 6.46. The highest BCUT2D eigenvalue weighted by molar-refractivity contribution is 7.99. The molecule has 1 aliphatic rings. The van der Waals surface area contributed by atoms with Crippen molar-refractivity contribution in [1.82, 2.24) is 5.32 Å². The number of hydrogen-bond acceptors (Lipinski definition) is 3. The fourth-order valence-electron chi connectivity index (χ4n) is 2.23. The van der Waals surface area contributed by atoms with E-state index in [0.717, 1.165) is 25.9 Å². The summed E-state index contributed by atoms with van der Waals surface area (Å²) in [6.45, 7) is 6.21. The molecule has 96 valence electrons. The molecule has 0 radical (unpaired) electrons. The molecule has 0 aromatic heterocycles. The van der Waals surface area contributed by atoms with E-state index in [1.54, 1.807) is 0 Å². The van der Waals surface area contributed by atoms with E-state index in [1.165, 1.54) is 25.7 Å². The van der Waals surface area contributed by atoms with Gasteiger partial charge in [-0.3, -0.25) is 0 Å². The van der Waals surface area contributed by atoms with Gasteiger partial charge in [0.15, 0.2) is 0 Å². The summed E-state index contributed by atoms with van der Waals surface area (Å²) < 4.78 is 0.265. The van der Waals surface area contributed by atoms with Crippen LogP contribution >= 0.6 is 11.8 Å². The molecule has 3 heteroatoms. The Morgan fingerprint density at radius 1 is 1.19 bits per heavy atom. The molecule has 0 atom stereocenters. The Kier molecular flexibility index (Phi) is 5.62. The maximum absolute atomic E-state index is 10.5. The van der Waals surface area contributed by atoms with Crippen LogP contribution in [0.4, 0.5) is 0 Å². The number of rotatable bonds is 5. The Morgan fingerprint density at radius 3 is 2.25 bits per heavy atom. The smallest absolute Gasteiger partial charge is 0.0771 e. The summed E-state index contributed by atoms with van der Waals surface area (Å²) in [6, 6.07) is 0. The molecule has 1 rings (SSSR count). The van der Waals surface area contributed by atoms with E-state index in [9.17, 15) is 5.11 Å². The molecular formula is C13H27NOS. The maximum Gasteiger partial charge on any atom is 0.0771 e. The lowest BCUT2D eigenvalue weighted by Crippen LogP contribution is -2.44. The molecule has 0 heterocycles. The summed E-state index contributed by atoms with van der Waals surface area (Å²) in [4.78, 5) is 0. The van der Waals surface area contributed by atoms with Crippen LogP contribution in [0.25, 0.3) is 0 Å². The normalized spacial score (nSPS) is 21.8. The number of nitrogens with one attached hydrogen (secondary N) is 1. The molecule has 0 saturated heterocycles. The van der Waals surface area contributed by atoms with Crippen LogP contribution in [0, 0.1) is 0 Å². The fraction of sp³-hybridized carbons (Fsp3) is 1.00. The first-order valence-corrected chi connectivity index (χ1v) is 7.68. The highest BCUT2D eigenvalue weighted by atomic mass is 32.2. The van der Waals surface area contributed by atoms with E-state index >= 15 is 0 Å². The van der Waals surface area contributed by atoms with Crippen molar-refractivity contribution in [2.45, 2.75) is 62.7 Å². The van der Waals surface area contributed by atoms with Gasteiger partial charge in [0.25, 0.3) is 0 Å². The highest BCUT2D eigenvalue weighted by Crippen LogP contribution is 2.27. The summed E-state index contributed by atoms with van der Waals surface area (Å²) in [6.07, 6.45) is 9.03. The van der Waals surface area contributed by atoms with Crippen molar-refractivity contribution in [3.8, 4) is 0 Å². The summed E-state index contributed by atoms with van der Waals surface area (Å²) >= 11 is 1.87. The molecule has 0 unspecified atom stereocenters. The molecule has 0 aromatic carbocycles. The van der Waals surface area contributed by atoms with Crippen molar-refractivity contribution in [2.24, 2.45) is 0 Å². The monoisotopic (exact) mass is 245 g/mol. The van der Waals surface area contributed by atoms with E-state index in [2.05, 4.69) is 25.4 Å². The predicted octanol–water partition coefficient (Wildman–Crippen LogP) is 2.80. The molecule has 2 nitrogen and oxygen atoms in total. The average molecular weight is 245 g/mol. The Bertz CT molecular complexity index is 198. The van der Waals surface area contributed by atoms with Crippen molar-refractivity contribution in [3.63, 3.8) is 0 Å². The Morgan fingerprint density at radius 2 is 1.75 bits per heavy atom. The van der Waals surface area contributed by atoms with Crippen molar-refractivity contribution >= 4 is 11.8 Å². The van der Waals surface area contributed by atoms with Gasteiger partial charge in [-0.1, -0.05) is 25.7 Å². The van der Waals surface area contributed by atoms with E-state index in [4.69, 9.17) is 0 Å². The van der Waals surface area contributed by atoms with Gasteiger partial charge in [-0.15, -0.1) is 0 Å². The molecular weight excluding hydrogens is 218 g/mol. The number of thioether (sulfide) groups is 1. The zero-order valence-electron chi connectivity index (χ0n) is 11.0. The van der Waals surface area contributed by atoms with Gasteiger partial charge in [0.05, 0.1) is 5.60 Å². The minimum atomic E-state index is -0.439. The third-order valence-corrected chi connectivity index (χ3v) is 4.84. The summed E-state index contributed by atoms with van der Waals surface area (Å²) in [5.41, 5.74) is -0.439. The Balaban J connectivity index is 2.29. The first kappa shape index (κ1) is 14.3. The lowest BCUT2D eigenvalue weighted by Gasteiger charge is -2.30. The van der Waals surface area contributed by atoms with Gasteiger partial charge in [0, 0.05) is 17.8 Å². The van der Waals surface area contributed by atoms with E-state index < -0.39 is 5.60 Å². The minimum Gasteiger partial charge on any atom is -0.389 e. The van der Waals surface area contributed by atoms with Crippen LogP contribution in [-0.2, 0) is 0 Å². The zero-order chi connectivity index (χ0) is 12.1. The third-order valence-electron chi connectivity index (χ3n) is 3.59. The van der Waals surface area contributed by atoms with Crippen LogP contribution in [0.15, 0.2) is 0 Å². The van der Waals surface area contributed by atoms with Gasteiger partial charge in [0.2, 0.25) is 0 Å². The van der Waals surface area contributed by atoms with Crippen LogP contribution in [0.2, 0.25) is 0 Å². The van der Waals surface area contributed by atoms with Crippen LogP contribution in [0.1, 0.15) is 52.4 Å². The lowest BCUT2D eigenvalue weighted by atomic mass is 9.94. The van der Waals surface area contributed by atoms with Crippen LogP contribution < -0.4 is 5.32 Å². The first-order chi connectivity index (χ1) is 7.47. The topological polar surface area (TPSA) is 32.3 Å². The number of aliphatic hydroxyl groups is 1. The van der Waals surface area contributed by atoms with Gasteiger partial charge in [0.1, 0.15) is 0 Å². The SMILES string of the molecule is CSC(C)(C)CNCC1(O)CCCCCC1. The number of hydrogen-bond donors (Lipinski definition) is 2. The molecule has 0 spiro atoms. The second-order valence-corrected chi connectivity index (χ2v) is 7.22. The largest absolute Gasteiger partial charge is 0.389 e. The van der Waals surface area contributed by atoms with Crippen molar-refractivity contribution in [3.05, 3.63) is 0 Å². The third kappa shape index (κ3) is 5.07. The molecule has 1 fully saturated rings. The van der Waals surface area contributed by atoms with Crippen molar-refractivity contribution in [1.29, 1.82) is 0 Å². The molecule has 0 amide bonds. The minimum absolute atomic E-state index is 0.265. The molecule has 1 aliphatic carbocycles. The van der Waals surface area contributed by atoms with Gasteiger partial charge >= 0.3 is 0 Å². The maximum atomic E-state index is 10.5. The second-order valence-electron chi connectivity index (χ2n) is 5.71. The molecule has 0 aromatic rings. The predicted molar refractivity (Wildman–Crippen MR) is 73.1 cm³/mol. The van der Waals surface area contributed by atoms with Gasteiger partial charge in [-0.05, 0) is 32.9 Å². The van der Waals surface area contributed by atoms with Crippen LogP contribution in [0.3, 0.4) is 0 Å². The van der Waals surface area contributed by atoms with Gasteiger partial charge < -0.3 is 10.4 Å². The Hall–Kier alpha value is 0.270. The van der Waals surface area contributed by atoms with Gasteiger partial charge in [-0.25, -0.2) is 0 Å². The fourth-order valence-corrected chi connectivity index (χ4v) is 2.48. The highest BCUT2D eigenvalue weighted by Gasteiger charge is 2.28. The van der Waals surface area contributed by atoms with Crippen LogP contribution in [-0.4, -0.2) is 34.8 Å². The molecule has 0 bridgehead atoms. The Labute approximate surface area is 105 Å². The summed E-state index contributed by atoms with van der Waals surface area (Å²) in [5, 5.41) is 13.9. The lowest BCUT2D eigenvalue weighted by molar-refractivity contribution is 0.0252. The molecule has 16 heavy (non-hydrogen) atoms. The standard InChI is InChI=1S/C13H27NOS/c1-12(2,16-3)10-14-11-13(15)8-6-4-5-7-9-13/h14-15H,4-11H2,1-3H3. The van der Waals surface area contributed by atoms with E-state index in [0.29, 0.717) is 0 Å². The summed E-state index contributed by atoms with van der Waals surface area (Å²) in [7, 11) is 0. The van der Waals surface area contributed by atoms with Crippen LogP contribution in [0.5, 0.6) is 0 Å².